The number of ether oxygens (including phenoxy) is 2. The van der Waals surface area contributed by atoms with E-state index in [0.717, 1.165) is 23.5 Å². The van der Waals surface area contributed by atoms with Gasteiger partial charge in [-0.1, -0.05) is 19.1 Å². The number of nitrogens with one attached hydrogen (secondary N) is 1. The maximum Gasteiger partial charge on any atom is 0.251 e. The molecule has 0 bridgehead atoms. The Kier molecular flexibility index (Phi) is 6.67. The lowest BCUT2D eigenvalue weighted by Crippen LogP contribution is -2.22. The highest BCUT2D eigenvalue weighted by Crippen LogP contribution is 2.15. The second-order valence-electron chi connectivity index (χ2n) is 5.87. The van der Waals surface area contributed by atoms with Gasteiger partial charge in [0.1, 0.15) is 11.5 Å². The van der Waals surface area contributed by atoms with Crippen LogP contribution in [-0.4, -0.2) is 18.6 Å². The first-order valence-electron chi connectivity index (χ1n) is 8.35. The lowest BCUT2D eigenvalue weighted by molar-refractivity contribution is 0.0951. The molecule has 0 saturated carbocycles. The minimum Gasteiger partial charge on any atom is -0.494 e. The van der Waals surface area contributed by atoms with E-state index in [-0.39, 0.29) is 12.0 Å². The molecule has 1 amide bonds. The maximum atomic E-state index is 12.2. The fourth-order valence-corrected chi connectivity index (χ4v) is 2.16. The summed E-state index contributed by atoms with van der Waals surface area (Å²) >= 11 is 0. The predicted molar refractivity (Wildman–Crippen MR) is 95.6 cm³/mol. The van der Waals surface area contributed by atoms with Gasteiger partial charge in [0.05, 0.1) is 12.7 Å². The molecule has 0 aromatic heterocycles. The Bertz CT molecular complexity index is 633. The molecule has 2 aromatic rings. The number of amides is 1. The minimum atomic E-state index is -0.0976. The third-order valence-corrected chi connectivity index (χ3v) is 3.34. The molecule has 0 aliphatic heterocycles. The van der Waals surface area contributed by atoms with Gasteiger partial charge in [-0.05, 0) is 62.2 Å². The van der Waals surface area contributed by atoms with E-state index in [2.05, 4.69) is 12.2 Å². The average Bonchev–Trinajstić information content (AvgIpc) is 2.59. The molecule has 0 spiro atoms. The van der Waals surface area contributed by atoms with Gasteiger partial charge >= 0.3 is 0 Å². The van der Waals surface area contributed by atoms with Crippen LogP contribution in [-0.2, 0) is 6.54 Å². The quantitative estimate of drug-likeness (QED) is 0.791. The maximum absolute atomic E-state index is 12.2. The second-order valence-corrected chi connectivity index (χ2v) is 5.87. The standard InChI is InChI=1S/C20H25NO3/c1-4-13-23-18-11-7-17(8-12-18)20(22)21-14-16-5-9-19(10-6-16)24-15(2)3/h5-12,15H,4,13-14H2,1-3H3,(H,21,22). The van der Waals surface area contributed by atoms with Gasteiger partial charge in [0.2, 0.25) is 0 Å². The van der Waals surface area contributed by atoms with Crippen molar-refractivity contribution < 1.29 is 14.3 Å². The molecule has 1 N–H and O–H groups in total. The summed E-state index contributed by atoms with van der Waals surface area (Å²) in [6.45, 7) is 7.21. The van der Waals surface area contributed by atoms with Crippen molar-refractivity contribution in [2.45, 2.75) is 39.8 Å². The van der Waals surface area contributed by atoms with Gasteiger partial charge in [-0.3, -0.25) is 4.79 Å². The van der Waals surface area contributed by atoms with E-state index < -0.39 is 0 Å². The number of rotatable bonds is 8. The van der Waals surface area contributed by atoms with E-state index in [9.17, 15) is 4.79 Å². The molecule has 2 aromatic carbocycles. The fraction of sp³-hybridized carbons (Fsp3) is 0.350. The minimum absolute atomic E-state index is 0.0976. The van der Waals surface area contributed by atoms with Gasteiger partial charge in [0.15, 0.2) is 0 Å². The molecule has 24 heavy (non-hydrogen) atoms. The molecule has 0 heterocycles. The van der Waals surface area contributed by atoms with Crippen LogP contribution >= 0.6 is 0 Å². The van der Waals surface area contributed by atoms with Crippen LogP contribution in [0.25, 0.3) is 0 Å². The van der Waals surface area contributed by atoms with Crippen LogP contribution in [0.5, 0.6) is 11.5 Å². The molecule has 0 fully saturated rings. The zero-order valence-corrected chi connectivity index (χ0v) is 14.5. The summed E-state index contributed by atoms with van der Waals surface area (Å²) in [6, 6.07) is 15.0. The van der Waals surface area contributed by atoms with E-state index in [1.165, 1.54) is 0 Å². The van der Waals surface area contributed by atoms with Crippen molar-refractivity contribution in [1.82, 2.24) is 5.32 Å². The molecule has 0 aliphatic carbocycles. The summed E-state index contributed by atoms with van der Waals surface area (Å²) in [6.07, 6.45) is 1.11. The summed E-state index contributed by atoms with van der Waals surface area (Å²) in [5.74, 6) is 1.52. The van der Waals surface area contributed by atoms with Gasteiger partial charge in [-0.15, -0.1) is 0 Å². The van der Waals surface area contributed by atoms with Gasteiger partial charge in [0.25, 0.3) is 5.91 Å². The van der Waals surface area contributed by atoms with Crippen LogP contribution in [0.15, 0.2) is 48.5 Å². The van der Waals surface area contributed by atoms with E-state index >= 15 is 0 Å². The molecule has 0 saturated heterocycles. The molecule has 0 radical (unpaired) electrons. The molecule has 2 rings (SSSR count). The largest absolute Gasteiger partial charge is 0.494 e. The molecular weight excluding hydrogens is 302 g/mol. The van der Waals surface area contributed by atoms with Crippen molar-refractivity contribution in [2.24, 2.45) is 0 Å². The van der Waals surface area contributed by atoms with Gasteiger partial charge in [0, 0.05) is 12.1 Å². The Morgan fingerprint density at radius 3 is 2.21 bits per heavy atom. The van der Waals surface area contributed by atoms with Crippen molar-refractivity contribution in [1.29, 1.82) is 0 Å². The molecule has 4 nitrogen and oxygen atoms in total. The Hall–Kier alpha value is -2.49. The Morgan fingerprint density at radius 1 is 1.00 bits per heavy atom. The van der Waals surface area contributed by atoms with E-state index in [1.54, 1.807) is 12.1 Å². The zero-order chi connectivity index (χ0) is 17.4. The number of hydrogen-bond acceptors (Lipinski definition) is 3. The van der Waals surface area contributed by atoms with Crippen LogP contribution in [0.4, 0.5) is 0 Å². The molecule has 0 unspecified atom stereocenters. The lowest BCUT2D eigenvalue weighted by Gasteiger charge is -2.10. The molecule has 0 aliphatic rings. The van der Waals surface area contributed by atoms with E-state index in [4.69, 9.17) is 9.47 Å². The van der Waals surface area contributed by atoms with Gasteiger partial charge < -0.3 is 14.8 Å². The number of carbonyl (C=O) groups excluding carboxylic acids is 1. The zero-order valence-electron chi connectivity index (χ0n) is 14.5. The van der Waals surface area contributed by atoms with Gasteiger partial charge in [-0.25, -0.2) is 0 Å². The van der Waals surface area contributed by atoms with Crippen molar-refractivity contribution in [2.75, 3.05) is 6.61 Å². The Labute approximate surface area is 143 Å². The number of hydrogen-bond donors (Lipinski definition) is 1. The molecule has 128 valence electrons. The Balaban J connectivity index is 1.86. The molecule has 0 atom stereocenters. The first kappa shape index (κ1) is 17.9. The highest BCUT2D eigenvalue weighted by atomic mass is 16.5. The summed E-state index contributed by atoms with van der Waals surface area (Å²) in [7, 11) is 0. The van der Waals surface area contributed by atoms with Crippen molar-refractivity contribution in [3.63, 3.8) is 0 Å². The van der Waals surface area contributed by atoms with Crippen LogP contribution in [0.2, 0.25) is 0 Å². The SMILES string of the molecule is CCCOc1ccc(C(=O)NCc2ccc(OC(C)C)cc2)cc1. The average molecular weight is 327 g/mol. The second kappa shape index (κ2) is 8.96. The Morgan fingerprint density at radius 2 is 1.62 bits per heavy atom. The summed E-state index contributed by atoms with van der Waals surface area (Å²) in [4.78, 5) is 12.2. The van der Waals surface area contributed by atoms with Crippen LogP contribution in [0.1, 0.15) is 43.1 Å². The third kappa shape index (κ3) is 5.61. The van der Waals surface area contributed by atoms with Gasteiger partial charge in [-0.2, -0.15) is 0 Å². The van der Waals surface area contributed by atoms with Crippen molar-refractivity contribution in [3.05, 3.63) is 59.7 Å². The van der Waals surface area contributed by atoms with Crippen molar-refractivity contribution in [3.8, 4) is 11.5 Å². The summed E-state index contributed by atoms with van der Waals surface area (Å²) in [5.41, 5.74) is 1.65. The fourth-order valence-electron chi connectivity index (χ4n) is 2.16. The van der Waals surface area contributed by atoms with Crippen LogP contribution in [0.3, 0.4) is 0 Å². The summed E-state index contributed by atoms with van der Waals surface area (Å²) < 4.78 is 11.1. The van der Waals surface area contributed by atoms with Crippen LogP contribution < -0.4 is 14.8 Å². The highest BCUT2D eigenvalue weighted by molar-refractivity contribution is 5.94. The summed E-state index contributed by atoms with van der Waals surface area (Å²) in [5, 5.41) is 2.92. The van der Waals surface area contributed by atoms with Crippen LogP contribution in [0, 0.1) is 0 Å². The first-order valence-corrected chi connectivity index (χ1v) is 8.35. The topological polar surface area (TPSA) is 47.6 Å². The van der Waals surface area contributed by atoms with Crippen molar-refractivity contribution >= 4 is 5.91 Å². The smallest absolute Gasteiger partial charge is 0.251 e. The van der Waals surface area contributed by atoms with E-state index in [1.807, 2.05) is 50.2 Å². The number of benzene rings is 2. The molecular formula is C20H25NO3. The highest BCUT2D eigenvalue weighted by Gasteiger charge is 2.06. The number of carbonyl (C=O) groups is 1. The predicted octanol–water partition coefficient (Wildman–Crippen LogP) is 4.19. The normalized spacial score (nSPS) is 10.5. The third-order valence-electron chi connectivity index (χ3n) is 3.34. The lowest BCUT2D eigenvalue weighted by atomic mass is 10.2. The molecule has 4 heteroatoms. The monoisotopic (exact) mass is 327 g/mol. The first-order chi connectivity index (χ1) is 11.6. The van der Waals surface area contributed by atoms with E-state index in [0.29, 0.717) is 18.7 Å².